The van der Waals surface area contributed by atoms with Crippen LogP contribution in [0.2, 0.25) is 0 Å². The molecule has 0 unspecified atom stereocenters. The number of carbonyl (C=O) groups is 3. The Morgan fingerprint density at radius 1 is 1.14 bits per heavy atom. The highest BCUT2D eigenvalue weighted by Gasteiger charge is 2.30. The van der Waals surface area contributed by atoms with Crippen molar-refractivity contribution in [1.82, 2.24) is 19.9 Å². The quantitative estimate of drug-likeness (QED) is 0.274. The smallest absolute Gasteiger partial charge is 0.413 e. The van der Waals surface area contributed by atoms with E-state index in [0.717, 1.165) is 32.2 Å². The van der Waals surface area contributed by atoms with E-state index >= 15 is 0 Å². The molecule has 1 aliphatic heterocycles. The minimum absolute atomic E-state index is 0.0436. The summed E-state index contributed by atoms with van der Waals surface area (Å²) in [4.78, 5) is 54.5. The Labute approximate surface area is 253 Å². The van der Waals surface area contributed by atoms with Gasteiger partial charge in [0.25, 0.3) is 0 Å². The van der Waals surface area contributed by atoms with Gasteiger partial charge in [0.05, 0.1) is 11.6 Å². The van der Waals surface area contributed by atoms with Crippen LogP contribution >= 0.6 is 0 Å². The lowest BCUT2D eigenvalue weighted by Gasteiger charge is -2.23. The van der Waals surface area contributed by atoms with E-state index in [1.54, 1.807) is 45.2 Å². The fourth-order valence-electron chi connectivity index (χ4n) is 5.44. The molecule has 1 aliphatic carbocycles. The van der Waals surface area contributed by atoms with E-state index in [9.17, 15) is 14.4 Å². The van der Waals surface area contributed by atoms with E-state index in [4.69, 9.17) is 15.2 Å². The summed E-state index contributed by atoms with van der Waals surface area (Å²) in [5.74, 6) is -0.243. The van der Waals surface area contributed by atoms with Gasteiger partial charge in [-0.05, 0) is 78.6 Å². The average Bonchev–Trinajstić information content (AvgIpc) is 3.38. The number of hydrogen-bond acceptors (Lipinski definition) is 10. The highest BCUT2D eigenvalue weighted by atomic mass is 16.6. The van der Waals surface area contributed by atoms with Crippen LogP contribution < -0.4 is 15.8 Å². The molecule has 0 radical (unpaired) electrons. The van der Waals surface area contributed by atoms with Gasteiger partial charge in [0, 0.05) is 41.6 Å². The van der Waals surface area contributed by atoms with Crippen molar-refractivity contribution in [2.24, 2.45) is 11.7 Å². The number of Topliss-reactive ketones (excluding diaryl/α,β-unsaturated/α-hetero) is 2. The molecule has 232 valence electrons. The molecule has 1 amide bonds. The zero-order valence-electron chi connectivity index (χ0n) is 25.9. The zero-order chi connectivity index (χ0) is 31.1. The van der Waals surface area contributed by atoms with Crippen molar-refractivity contribution in [3.8, 4) is 17.1 Å². The molecule has 2 aliphatic rings. The van der Waals surface area contributed by atoms with Gasteiger partial charge in [0.15, 0.2) is 0 Å². The van der Waals surface area contributed by atoms with Gasteiger partial charge in [0.2, 0.25) is 17.5 Å². The Morgan fingerprint density at radius 3 is 2.56 bits per heavy atom. The van der Waals surface area contributed by atoms with E-state index in [0.29, 0.717) is 60.6 Å². The largest absolute Gasteiger partial charge is 0.476 e. The molecule has 4 rings (SSSR count). The molecular weight excluding hydrogens is 548 g/mol. The first kappa shape index (κ1) is 32.1. The standard InChI is InChI=1S/C32H44N6O5/c1-6-10-23(28(33)22-12-7-8-13-25(22)39)29(40)30-35-24(17-27(37-30)42-19-21-11-9-16-38(21)5)20-14-15-26(34-18-20)36-31(41)43-32(2,3)4/h14-15,17-18,21-22H,6-13,16,19,33H2,1-5H3,(H,34,36,41)/b28-23-/t21-,22-/m0/s1. The zero-order valence-corrected chi connectivity index (χ0v) is 25.9. The normalized spacial score (nSPS) is 20.0. The van der Waals surface area contributed by atoms with Gasteiger partial charge in [-0.1, -0.05) is 19.8 Å². The molecule has 3 heterocycles. The Balaban J connectivity index is 1.66. The lowest BCUT2D eigenvalue weighted by atomic mass is 9.83. The van der Waals surface area contributed by atoms with E-state index in [1.807, 2.05) is 6.92 Å². The Morgan fingerprint density at radius 2 is 1.93 bits per heavy atom. The van der Waals surface area contributed by atoms with Crippen molar-refractivity contribution in [3.05, 3.63) is 41.5 Å². The minimum atomic E-state index is -0.642. The lowest BCUT2D eigenvalue weighted by molar-refractivity contribution is -0.123. The van der Waals surface area contributed by atoms with E-state index in [2.05, 4.69) is 32.2 Å². The van der Waals surface area contributed by atoms with Gasteiger partial charge in [0.1, 0.15) is 23.8 Å². The van der Waals surface area contributed by atoms with E-state index < -0.39 is 23.4 Å². The van der Waals surface area contributed by atoms with Gasteiger partial charge >= 0.3 is 6.09 Å². The van der Waals surface area contributed by atoms with Crippen LogP contribution in [0.4, 0.5) is 10.6 Å². The van der Waals surface area contributed by atoms with Crippen LogP contribution in [-0.2, 0) is 9.53 Å². The maximum absolute atomic E-state index is 13.9. The van der Waals surface area contributed by atoms with Gasteiger partial charge < -0.3 is 20.1 Å². The maximum Gasteiger partial charge on any atom is 0.413 e. The molecular formula is C32H44N6O5. The van der Waals surface area contributed by atoms with E-state index in [1.165, 1.54) is 0 Å². The fourth-order valence-corrected chi connectivity index (χ4v) is 5.44. The first-order chi connectivity index (χ1) is 20.4. The summed E-state index contributed by atoms with van der Waals surface area (Å²) in [7, 11) is 2.07. The molecule has 0 aromatic carbocycles. The number of anilines is 1. The van der Waals surface area contributed by atoms with Crippen molar-refractivity contribution in [1.29, 1.82) is 0 Å². The van der Waals surface area contributed by atoms with E-state index in [-0.39, 0.29) is 23.5 Å². The van der Waals surface area contributed by atoms with Crippen LogP contribution in [0, 0.1) is 5.92 Å². The third kappa shape index (κ3) is 8.59. The molecule has 2 aromatic rings. The van der Waals surface area contributed by atoms with Crippen LogP contribution in [0.15, 0.2) is 35.7 Å². The number of nitrogens with zero attached hydrogens (tertiary/aromatic N) is 4. The van der Waals surface area contributed by atoms with Crippen molar-refractivity contribution in [2.75, 3.05) is 25.5 Å². The minimum Gasteiger partial charge on any atom is -0.476 e. The molecule has 11 nitrogen and oxygen atoms in total. The number of carbonyl (C=O) groups excluding carboxylic acids is 3. The molecule has 11 heteroatoms. The predicted octanol–water partition coefficient (Wildman–Crippen LogP) is 5.31. The van der Waals surface area contributed by atoms with Crippen molar-refractivity contribution < 1.29 is 23.9 Å². The number of likely N-dealkylation sites (tertiary alicyclic amines) is 1. The Hall–Kier alpha value is -3.86. The summed E-state index contributed by atoms with van der Waals surface area (Å²) in [6.45, 7) is 8.74. The van der Waals surface area contributed by atoms with Crippen LogP contribution in [0.3, 0.4) is 0 Å². The lowest BCUT2D eigenvalue weighted by Crippen LogP contribution is -2.31. The third-order valence-electron chi connectivity index (χ3n) is 7.74. The Kier molecular flexibility index (Phi) is 10.5. The number of nitrogens with one attached hydrogen (secondary N) is 1. The number of ketones is 2. The number of rotatable bonds is 10. The SMILES string of the molecule is CCC/C(C(=O)c1nc(OC[C@@H]2CCCN2C)cc(-c2ccc(NC(=O)OC(C)(C)C)nc2)n1)=C(/N)[C@H]1CCCCC1=O. The predicted molar refractivity (Wildman–Crippen MR) is 164 cm³/mol. The number of pyridine rings is 1. The summed E-state index contributed by atoms with van der Waals surface area (Å²) >= 11 is 0. The van der Waals surface area contributed by atoms with Gasteiger partial charge in [-0.15, -0.1) is 0 Å². The van der Waals surface area contributed by atoms with Crippen LogP contribution in [0.5, 0.6) is 5.88 Å². The third-order valence-corrected chi connectivity index (χ3v) is 7.74. The highest BCUT2D eigenvalue weighted by molar-refractivity contribution is 6.07. The molecule has 2 aromatic heterocycles. The molecule has 1 saturated heterocycles. The van der Waals surface area contributed by atoms with Crippen LogP contribution in [-0.4, -0.2) is 69.4 Å². The molecule has 2 atom stereocenters. The van der Waals surface area contributed by atoms with Crippen molar-refractivity contribution in [2.45, 2.75) is 90.7 Å². The number of ether oxygens (including phenoxy) is 2. The molecule has 3 N–H and O–H groups in total. The summed E-state index contributed by atoms with van der Waals surface area (Å²) in [5.41, 5.74) is 7.65. The second-order valence-electron chi connectivity index (χ2n) is 12.3. The number of allylic oxidation sites excluding steroid dienone is 2. The number of hydrogen-bond donors (Lipinski definition) is 2. The summed E-state index contributed by atoms with van der Waals surface area (Å²) in [6, 6.07) is 5.30. The highest BCUT2D eigenvalue weighted by Crippen LogP contribution is 2.30. The summed E-state index contributed by atoms with van der Waals surface area (Å²) in [6.07, 6.45) is 7.02. The van der Waals surface area contributed by atoms with Crippen molar-refractivity contribution in [3.63, 3.8) is 0 Å². The van der Waals surface area contributed by atoms with Gasteiger partial charge in [-0.25, -0.2) is 14.8 Å². The number of nitrogens with two attached hydrogens (primary N) is 1. The monoisotopic (exact) mass is 592 g/mol. The number of likely N-dealkylation sites (N-methyl/N-ethyl adjacent to an activating group) is 1. The summed E-state index contributed by atoms with van der Waals surface area (Å²) in [5, 5.41) is 2.61. The second kappa shape index (κ2) is 14.1. The molecule has 1 saturated carbocycles. The van der Waals surface area contributed by atoms with Crippen molar-refractivity contribution >= 4 is 23.5 Å². The van der Waals surface area contributed by atoms with Gasteiger partial charge in [-0.3, -0.25) is 14.9 Å². The van der Waals surface area contributed by atoms with Crippen LogP contribution in [0.1, 0.15) is 89.7 Å². The first-order valence-electron chi connectivity index (χ1n) is 15.2. The molecule has 0 spiro atoms. The van der Waals surface area contributed by atoms with Crippen LogP contribution in [0.25, 0.3) is 11.3 Å². The first-order valence-corrected chi connectivity index (χ1v) is 15.2. The maximum atomic E-state index is 13.9. The topological polar surface area (TPSA) is 150 Å². The molecule has 43 heavy (non-hydrogen) atoms. The van der Waals surface area contributed by atoms with Gasteiger partial charge in [-0.2, -0.15) is 4.98 Å². The number of amides is 1. The average molecular weight is 593 g/mol. The Bertz CT molecular complexity index is 1350. The fraction of sp³-hybridized carbons (Fsp3) is 0.562. The molecule has 0 bridgehead atoms. The number of aromatic nitrogens is 3. The molecule has 2 fully saturated rings. The summed E-state index contributed by atoms with van der Waals surface area (Å²) < 4.78 is 11.4. The second-order valence-corrected chi connectivity index (χ2v) is 12.3.